The summed E-state index contributed by atoms with van der Waals surface area (Å²) in [6.07, 6.45) is -3.76. The predicted octanol–water partition coefficient (Wildman–Crippen LogP) is 5.42. The molecule has 0 aliphatic heterocycles. The largest absolute Gasteiger partial charge is 0.378 e. The average Bonchev–Trinajstić information content (AvgIpc) is 2.55. The van der Waals surface area contributed by atoms with E-state index in [1.165, 1.54) is 6.07 Å². The van der Waals surface area contributed by atoms with Crippen LogP contribution in [0, 0.1) is 5.82 Å². The first-order valence-corrected chi connectivity index (χ1v) is 7.63. The lowest BCUT2D eigenvalue weighted by molar-refractivity contribution is -0.168. The number of nitrogens with one attached hydrogen (secondary N) is 1. The number of halogens is 5. The van der Waals surface area contributed by atoms with Gasteiger partial charge < -0.3 is 10.1 Å². The third-order valence-electron chi connectivity index (χ3n) is 3.56. The first-order valence-electron chi connectivity index (χ1n) is 7.63. The van der Waals surface area contributed by atoms with Gasteiger partial charge in [0, 0.05) is 11.3 Å². The van der Waals surface area contributed by atoms with Gasteiger partial charge in [0.15, 0.2) is 0 Å². The van der Waals surface area contributed by atoms with E-state index >= 15 is 0 Å². The minimum Gasteiger partial charge on any atom is -0.378 e. The van der Waals surface area contributed by atoms with Crippen LogP contribution in [-0.4, -0.2) is 19.0 Å². The quantitative estimate of drug-likeness (QED) is 0.636. The highest BCUT2D eigenvalue weighted by Gasteiger charge is 2.40. The van der Waals surface area contributed by atoms with Crippen LogP contribution < -0.4 is 5.32 Å². The second-order valence-corrected chi connectivity index (χ2v) is 5.64. The Bertz CT molecular complexity index is 693. The average molecular weight is 359 g/mol. The van der Waals surface area contributed by atoms with E-state index in [1.807, 2.05) is 0 Å². The van der Waals surface area contributed by atoms with Gasteiger partial charge in [0.2, 0.25) is 0 Å². The van der Waals surface area contributed by atoms with Gasteiger partial charge in [-0.1, -0.05) is 30.3 Å². The van der Waals surface area contributed by atoms with E-state index in [1.54, 1.807) is 49.4 Å². The van der Waals surface area contributed by atoms with Crippen molar-refractivity contribution in [1.82, 2.24) is 0 Å². The van der Waals surface area contributed by atoms with Gasteiger partial charge in [-0.05, 0) is 30.7 Å². The normalized spacial score (nSPS) is 13.1. The van der Waals surface area contributed by atoms with Crippen LogP contribution in [0.3, 0.4) is 0 Å². The molecule has 0 heterocycles. The Labute approximate surface area is 142 Å². The van der Waals surface area contributed by atoms with Gasteiger partial charge >= 0.3 is 12.3 Å². The van der Waals surface area contributed by atoms with Crippen molar-refractivity contribution >= 4 is 5.69 Å². The summed E-state index contributed by atoms with van der Waals surface area (Å²) in [6, 6.07) is 12.7. The van der Waals surface area contributed by atoms with Gasteiger partial charge in [-0.3, -0.25) is 0 Å². The SMILES string of the molecule is CC(Nc1cccc(COCC(F)(F)C(F)F)c1)c1ccccc1F. The molecule has 1 N–H and O–H groups in total. The molecule has 0 saturated carbocycles. The molecule has 0 aliphatic carbocycles. The summed E-state index contributed by atoms with van der Waals surface area (Å²) < 4.78 is 68.2. The van der Waals surface area contributed by atoms with Crippen LogP contribution in [0.2, 0.25) is 0 Å². The van der Waals surface area contributed by atoms with Gasteiger partial charge in [-0.25, -0.2) is 13.2 Å². The zero-order chi connectivity index (χ0) is 18.4. The molecule has 2 rings (SSSR count). The fourth-order valence-electron chi connectivity index (χ4n) is 2.27. The van der Waals surface area contributed by atoms with E-state index in [2.05, 4.69) is 5.32 Å². The van der Waals surface area contributed by atoms with E-state index < -0.39 is 19.0 Å². The Morgan fingerprint density at radius 2 is 1.80 bits per heavy atom. The summed E-state index contributed by atoms with van der Waals surface area (Å²) in [6.45, 7) is 0.199. The molecule has 0 fully saturated rings. The maximum atomic E-state index is 13.8. The zero-order valence-electron chi connectivity index (χ0n) is 13.5. The van der Waals surface area contributed by atoms with Crippen molar-refractivity contribution < 1.29 is 26.7 Å². The van der Waals surface area contributed by atoms with Crippen LogP contribution in [-0.2, 0) is 11.3 Å². The van der Waals surface area contributed by atoms with Gasteiger partial charge in [0.25, 0.3) is 0 Å². The molecule has 0 amide bonds. The van der Waals surface area contributed by atoms with Gasteiger partial charge in [-0.15, -0.1) is 0 Å². The van der Waals surface area contributed by atoms with Crippen molar-refractivity contribution in [3.05, 3.63) is 65.5 Å². The molecule has 0 spiro atoms. The molecule has 2 aromatic carbocycles. The predicted molar refractivity (Wildman–Crippen MR) is 85.5 cm³/mol. The van der Waals surface area contributed by atoms with Crippen LogP contribution in [0.25, 0.3) is 0 Å². The lowest BCUT2D eigenvalue weighted by Gasteiger charge is -2.18. The minimum absolute atomic E-state index is 0.230. The summed E-state index contributed by atoms with van der Waals surface area (Å²) in [4.78, 5) is 0. The first kappa shape index (κ1) is 19.2. The molecule has 0 aliphatic rings. The molecule has 136 valence electrons. The van der Waals surface area contributed by atoms with Gasteiger partial charge in [0.05, 0.1) is 12.6 Å². The molecule has 1 atom stereocenters. The van der Waals surface area contributed by atoms with Gasteiger partial charge in [0.1, 0.15) is 12.4 Å². The third-order valence-corrected chi connectivity index (χ3v) is 3.56. The molecule has 1 unspecified atom stereocenters. The molecule has 0 bridgehead atoms. The van der Waals surface area contributed by atoms with Crippen molar-refractivity contribution in [3.8, 4) is 0 Å². The highest BCUT2D eigenvalue weighted by Crippen LogP contribution is 2.25. The number of benzene rings is 2. The monoisotopic (exact) mass is 359 g/mol. The third kappa shape index (κ3) is 5.42. The van der Waals surface area contributed by atoms with Crippen LogP contribution in [0.5, 0.6) is 0 Å². The standard InChI is InChI=1S/C18H18F5NO/c1-12(15-7-2-3-8-16(15)19)24-14-6-4-5-13(9-14)10-25-11-18(22,23)17(20)21/h2-9,12,17,24H,10-11H2,1H3. The van der Waals surface area contributed by atoms with E-state index in [0.717, 1.165) is 0 Å². The van der Waals surface area contributed by atoms with Crippen molar-refractivity contribution in [2.45, 2.75) is 31.9 Å². The fraction of sp³-hybridized carbons (Fsp3) is 0.333. The molecular formula is C18H18F5NO. The van der Waals surface area contributed by atoms with E-state index in [4.69, 9.17) is 4.74 Å². The Hall–Kier alpha value is -2.15. The highest BCUT2D eigenvalue weighted by atomic mass is 19.3. The maximum Gasteiger partial charge on any atom is 0.330 e. The number of hydrogen-bond donors (Lipinski definition) is 1. The van der Waals surface area contributed by atoms with Crippen molar-refractivity contribution in [2.75, 3.05) is 11.9 Å². The Kier molecular flexibility index (Phi) is 6.36. The van der Waals surface area contributed by atoms with E-state index in [-0.39, 0.29) is 18.5 Å². The summed E-state index contributed by atoms with van der Waals surface area (Å²) in [5.41, 5.74) is 1.66. The smallest absolute Gasteiger partial charge is 0.330 e. The van der Waals surface area contributed by atoms with E-state index in [9.17, 15) is 22.0 Å². The number of hydrogen-bond acceptors (Lipinski definition) is 2. The number of anilines is 1. The fourth-order valence-corrected chi connectivity index (χ4v) is 2.27. The molecule has 7 heteroatoms. The summed E-state index contributed by atoms with van der Waals surface area (Å²) in [5, 5.41) is 3.10. The molecular weight excluding hydrogens is 341 g/mol. The summed E-state index contributed by atoms with van der Waals surface area (Å²) in [5.74, 6) is -4.51. The minimum atomic E-state index is -4.17. The van der Waals surface area contributed by atoms with Crippen LogP contribution in [0.4, 0.5) is 27.6 Å². The zero-order valence-corrected chi connectivity index (χ0v) is 13.5. The maximum absolute atomic E-state index is 13.8. The van der Waals surface area contributed by atoms with E-state index in [0.29, 0.717) is 16.8 Å². The molecule has 25 heavy (non-hydrogen) atoms. The molecule has 2 nitrogen and oxygen atoms in total. The topological polar surface area (TPSA) is 21.3 Å². The highest BCUT2D eigenvalue weighted by molar-refractivity contribution is 5.47. The van der Waals surface area contributed by atoms with Crippen LogP contribution in [0.15, 0.2) is 48.5 Å². The lowest BCUT2D eigenvalue weighted by Crippen LogP contribution is -2.32. The molecule has 0 radical (unpaired) electrons. The Morgan fingerprint density at radius 3 is 2.48 bits per heavy atom. The Morgan fingerprint density at radius 1 is 1.08 bits per heavy atom. The molecule has 0 aromatic heterocycles. The molecule has 0 saturated heterocycles. The second kappa shape index (κ2) is 8.29. The first-order chi connectivity index (χ1) is 11.8. The van der Waals surface area contributed by atoms with Crippen LogP contribution >= 0.6 is 0 Å². The second-order valence-electron chi connectivity index (χ2n) is 5.64. The number of rotatable bonds is 8. The molecule has 2 aromatic rings. The van der Waals surface area contributed by atoms with Crippen molar-refractivity contribution in [2.24, 2.45) is 0 Å². The van der Waals surface area contributed by atoms with Crippen molar-refractivity contribution in [1.29, 1.82) is 0 Å². The number of ether oxygens (including phenoxy) is 1. The summed E-state index contributed by atoms with van der Waals surface area (Å²) >= 11 is 0. The summed E-state index contributed by atoms with van der Waals surface area (Å²) in [7, 11) is 0. The van der Waals surface area contributed by atoms with Crippen LogP contribution in [0.1, 0.15) is 24.1 Å². The Balaban J connectivity index is 1.96. The lowest BCUT2D eigenvalue weighted by atomic mass is 10.1. The van der Waals surface area contributed by atoms with Crippen molar-refractivity contribution in [3.63, 3.8) is 0 Å². The van der Waals surface area contributed by atoms with Gasteiger partial charge in [-0.2, -0.15) is 8.78 Å². The number of alkyl halides is 4.